The fraction of sp³-hybridized carbons (Fsp3) is 0.0667. The minimum Gasteiger partial charge on any atom is -0.394 e. The molecule has 22 heavy (non-hydrogen) atoms. The molecule has 108 valence electrons. The van der Waals surface area contributed by atoms with Crippen molar-refractivity contribution in [2.45, 2.75) is 6.92 Å². The molecular weight excluding hydrogens is 298 g/mol. The number of H-pyrrole nitrogens is 1. The van der Waals surface area contributed by atoms with Gasteiger partial charge < -0.3 is 16.0 Å². The Bertz CT molecular complexity index is 884. The summed E-state index contributed by atoms with van der Waals surface area (Å²) in [5, 5.41) is 12.0. The number of nitrogen functional groups attached to an aromatic ring is 1. The number of nitriles is 1. The zero-order chi connectivity index (χ0) is 16.3. The van der Waals surface area contributed by atoms with Gasteiger partial charge in [-0.05, 0) is 17.7 Å². The lowest BCUT2D eigenvalue weighted by molar-refractivity contribution is -0.114. The van der Waals surface area contributed by atoms with Crippen molar-refractivity contribution in [3.05, 3.63) is 45.9 Å². The van der Waals surface area contributed by atoms with Gasteiger partial charge >= 0.3 is 0 Å². The van der Waals surface area contributed by atoms with Gasteiger partial charge in [0.1, 0.15) is 16.5 Å². The van der Waals surface area contributed by atoms with Crippen molar-refractivity contribution in [3.8, 4) is 17.2 Å². The van der Waals surface area contributed by atoms with E-state index in [-0.39, 0.29) is 27.6 Å². The molecule has 0 spiro atoms. The summed E-state index contributed by atoms with van der Waals surface area (Å²) in [7, 11) is 0. The molecule has 0 atom stereocenters. The van der Waals surface area contributed by atoms with Gasteiger partial charge in [-0.1, -0.05) is 24.4 Å². The second-order valence-corrected chi connectivity index (χ2v) is 4.86. The van der Waals surface area contributed by atoms with E-state index in [0.717, 1.165) is 0 Å². The number of benzene rings is 1. The molecule has 0 aliphatic heterocycles. The van der Waals surface area contributed by atoms with Gasteiger partial charge in [0.2, 0.25) is 11.6 Å². The SMILES string of the molecule is [C-]#[N+]c1c(N)[nH]c(=S)c(C#N)c1-c1ccc(NC(C)=O)cc1. The number of pyridine rings is 1. The van der Waals surface area contributed by atoms with E-state index in [2.05, 4.69) is 15.1 Å². The topological polar surface area (TPSA) is 99.1 Å². The van der Waals surface area contributed by atoms with Crippen molar-refractivity contribution in [2.75, 3.05) is 11.1 Å². The fourth-order valence-corrected chi connectivity index (χ4v) is 2.30. The van der Waals surface area contributed by atoms with Crippen molar-refractivity contribution < 1.29 is 4.79 Å². The van der Waals surface area contributed by atoms with Crippen LogP contribution in [-0.2, 0) is 4.79 Å². The van der Waals surface area contributed by atoms with Gasteiger partial charge in [-0.25, -0.2) is 4.85 Å². The Hall–Kier alpha value is -3.16. The van der Waals surface area contributed by atoms with E-state index in [1.165, 1.54) is 6.92 Å². The largest absolute Gasteiger partial charge is 0.394 e. The third-order valence-electron chi connectivity index (χ3n) is 2.93. The normalized spacial score (nSPS) is 9.59. The van der Waals surface area contributed by atoms with Crippen LogP contribution in [0.1, 0.15) is 12.5 Å². The molecule has 0 bridgehead atoms. The number of hydrogen-bond donors (Lipinski definition) is 3. The molecule has 7 heteroatoms. The molecule has 0 unspecified atom stereocenters. The van der Waals surface area contributed by atoms with E-state index in [1.54, 1.807) is 24.3 Å². The number of anilines is 2. The third kappa shape index (κ3) is 2.80. The Morgan fingerprint density at radius 1 is 1.45 bits per heavy atom. The standard InChI is InChI=1S/C15H11N5OS/c1-8(21)19-10-5-3-9(4-6-10)12-11(7-16)15(22)20-14(17)13(12)18-2/h3-6H,1H3,(H,19,21)(H3,17,20,22). The molecule has 0 aliphatic rings. The van der Waals surface area contributed by atoms with Gasteiger partial charge in [-0.3, -0.25) is 4.79 Å². The molecule has 4 N–H and O–H groups in total. The average Bonchev–Trinajstić information content (AvgIpc) is 2.47. The number of carbonyl (C=O) groups excluding carboxylic acids is 1. The van der Waals surface area contributed by atoms with Gasteiger partial charge in [0, 0.05) is 18.2 Å². The highest BCUT2D eigenvalue weighted by Crippen LogP contribution is 2.37. The van der Waals surface area contributed by atoms with Crippen molar-refractivity contribution in [2.24, 2.45) is 0 Å². The zero-order valence-electron chi connectivity index (χ0n) is 11.6. The van der Waals surface area contributed by atoms with Gasteiger partial charge in [0.25, 0.3) is 0 Å². The van der Waals surface area contributed by atoms with Crippen LogP contribution in [0.25, 0.3) is 16.0 Å². The van der Waals surface area contributed by atoms with Crippen LogP contribution < -0.4 is 11.1 Å². The highest BCUT2D eigenvalue weighted by atomic mass is 32.1. The first-order valence-electron chi connectivity index (χ1n) is 6.19. The lowest BCUT2D eigenvalue weighted by atomic mass is 9.99. The molecule has 1 aromatic carbocycles. The molecule has 0 aliphatic carbocycles. The molecule has 0 fully saturated rings. The molecule has 2 rings (SSSR count). The minimum absolute atomic E-state index is 0.125. The maximum Gasteiger partial charge on any atom is 0.234 e. The maximum absolute atomic E-state index is 11.0. The van der Waals surface area contributed by atoms with E-state index in [4.69, 9.17) is 24.5 Å². The Labute approximate surface area is 132 Å². The first kappa shape index (κ1) is 15.2. The van der Waals surface area contributed by atoms with Gasteiger partial charge in [-0.15, -0.1) is 0 Å². The Morgan fingerprint density at radius 3 is 2.59 bits per heavy atom. The average molecular weight is 309 g/mol. The smallest absolute Gasteiger partial charge is 0.234 e. The summed E-state index contributed by atoms with van der Waals surface area (Å²) in [5.41, 5.74) is 7.78. The number of carbonyl (C=O) groups is 1. The molecule has 0 saturated carbocycles. The summed E-state index contributed by atoms with van der Waals surface area (Å²) >= 11 is 5.10. The highest BCUT2D eigenvalue weighted by Gasteiger charge is 2.16. The molecule has 2 aromatic rings. The molecule has 0 radical (unpaired) electrons. The second kappa shape index (κ2) is 6.08. The van der Waals surface area contributed by atoms with Crippen LogP contribution in [0.5, 0.6) is 0 Å². The highest BCUT2D eigenvalue weighted by molar-refractivity contribution is 7.71. The Morgan fingerprint density at radius 2 is 2.09 bits per heavy atom. The second-order valence-electron chi connectivity index (χ2n) is 4.45. The van der Waals surface area contributed by atoms with E-state index in [1.807, 2.05) is 6.07 Å². The number of nitrogens with zero attached hydrogens (tertiary/aromatic N) is 2. The quantitative estimate of drug-likeness (QED) is 0.585. The summed E-state index contributed by atoms with van der Waals surface area (Å²) in [6, 6.07) is 8.77. The van der Waals surface area contributed by atoms with Crippen LogP contribution in [0.4, 0.5) is 17.2 Å². The lowest BCUT2D eigenvalue weighted by Gasteiger charge is -2.10. The van der Waals surface area contributed by atoms with Crippen LogP contribution in [0.3, 0.4) is 0 Å². The fourth-order valence-electron chi connectivity index (χ4n) is 2.04. The zero-order valence-corrected chi connectivity index (χ0v) is 12.4. The lowest BCUT2D eigenvalue weighted by Crippen LogP contribution is -2.05. The van der Waals surface area contributed by atoms with Crippen molar-refractivity contribution in [1.82, 2.24) is 4.98 Å². The molecule has 1 amide bonds. The van der Waals surface area contributed by atoms with E-state index < -0.39 is 0 Å². The summed E-state index contributed by atoms with van der Waals surface area (Å²) < 4.78 is 0.188. The van der Waals surface area contributed by atoms with E-state index >= 15 is 0 Å². The molecule has 6 nitrogen and oxygen atoms in total. The minimum atomic E-state index is -0.182. The molecular formula is C15H11N5OS. The van der Waals surface area contributed by atoms with Gasteiger partial charge in [0.05, 0.1) is 12.1 Å². The maximum atomic E-state index is 11.0. The number of aromatic amines is 1. The molecule has 1 aromatic heterocycles. The van der Waals surface area contributed by atoms with Crippen molar-refractivity contribution in [3.63, 3.8) is 0 Å². The van der Waals surface area contributed by atoms with Crippen molar-refractivity contribution >= 4 is 35.3 Å². The summed E-state index contributed by atoms with van der Waals surface area (Å²) in [6.45, 7) is 8.69. The monoisotopic (exact) mass is 309 g/mol. The number of aromatic nitrogens is 1. The van der Waals surface area contributed by atoms with Crippen LogP contribution in [-0.4, -0.2) is 10.9 Å². The van der Waals surface area contributed by atoms with E-state index in [0.29, 0.717) is 16.8 Å². The molecule has 1 heterocycles. The number of hydrogen-bond acceptors (Lipinski definition) is 4. The molecule has 0 saturated heterocycles. The van der Waals surface area contributed by atoms with Crippen LogP contribution in [0, 0.1) is 22.5 Å². The number of nitrogens with two attached hydrogens (primary N) is 1. The van der Waals surface area contributed by atoms with E-state index in [9.17, 15) is 10.1 Å². The number of amides is 1. The first-order chi connectivity index (χ1) is 10.5. The summed E-state index contributed by atoms with van der Waals surface area (Å²) in [4.78, 5) is 17.1. The predicted octanol–water partition coefficient (Wildman–Crippen LogP) is 3.37. The van der Waals surface area contributed by atoms with Gasteiger partial charge in [-0.2, -0.15) is 5.26 Å². The van der Waals surface area contributed by atoms with Crippen LogP contribution in [0.15, 0.2) is 24.3 Å². The summed E-state index contributed by atoms with van der Waals surface area (Å²) in [5.74, 6) is -0.0568. The Kier molecular flexibility index (Phi) is 4.21. The first-order valence-corrected chi connectivity index (χ1v) is 6.60. The Balaban J connectivity index is 2.67. The third-order valence-corrected chi connectivity index (χ3v) is 3.24. The van der Waals surface area contributed by atoms with Gasteiger partial charge in [0.15, 0.2) is 0 Å². The predicted molar refractivity (Wildman–Crippen MR) is 86.8 cm³/mol. The number of rotatable bonds is 2. The van der Waals surface area contributed by atoms with Crippen LogP contribution >= 0.6 is 12.2 Å². The number of nitrogens with one attached hydrogen (secondary N) is 2. The van der Waals surface area contributed by atoms with Crippen molar-refractivity contribution in [1.29, 1.82) is 5.26 Å². The summed E-state index contributed by atoms with van der Waals surface area (Å²) in [6.07, 6.45) is 0. The van der Waals surface area contributed by atoms with Crippen LogP contribution in [0.2, 0.25) is 0 Å².